The maximum Gasteiger partial charge on any atom is 0.225 e. The SMILES string of the molecule is CCNc1nc(NCCC2CCC2)c2ccccc2n1. The molecule has 1 aromatic heterocycles. The Hall–Kier alpha value is -1.84. The summed E-state index contributed by atoms with van der Waals surface area (Å²) < 4.78 is 0. The molecule has 0 unspecified atom stereocenters. The first kappa shape index (κ1) is 13.2. The van der Waals surface area contributed by atoms with Crippen LogP contribution in [-0.4, -0.2) is 23.1 Å². The molecule has 1 saturated carbocycles. The van der Waals surface area contributed by atoms with Gasteiger partial charge in [0, 0.05) is 18.5 Å². The van der Waals surface area contributed by atoms with Gasteiger partial charge >= 0.3 is 0 Å². The molecule has 4 nitrogen and oxygen atoms in total. The van der Waals surface area contributed by atoms with Crippen LogP contribution in [0.4, 0.5) is 11.8 Å². The van der Waals surface area contributed by atoms with Crippen LogP contribution in [0.5, 0.6) is 0 Å². The monoisotopic (exact) mass is 270 g/mol. The number of benzene rings is 1. The van der Waals surface area contributed by atoms with Gasteiger partial charge in [-0.25, -0.2) is 4.98 Å². The Labute approximate surface area is 120 Å². The number of rotatable bonds is 6. The molecule has 0 bridgehead atoms. The lowest BCUT2D eigenvalue weighted by atomic mass is 9.83. The van der Waals surface area contributed by atoms with Crippen molar-refractivity contribution in [2.24, 2.45) is 5.92 Å². The van der Waals surface area contributed by atoms with Gasteiger partial charge in [-0.15, -0.1) is 0 Å². The van der Waals surface area contributed by atoms with Crippen molar-refractivity contribution in [1.29, 1.82) is 0 Å². The average molecular weight is 270 g/mol. The van der Waals surface area contributed by atoms with Crippen LogP contribution in [0.3, 0.4) is 0 Å². The molecule has 0 spiro atoms. The summed E-state index contributed by atoms with van der Waals surface area (Å²) in [7, 11) is 0. The Balaban J connectivity index is 1.78. The van der Waals surface area contributed by atoms with Crippen molar-refractivity contribution < 1.29 is 0 Å². The van der Waals surface area contributed by atoms with Crippen molar-refractivity contribution >= 4 is 22.7 Å². The second-order valence-corrected chi connectivity index (χ2v) is 5.46. The van der Waals surface area contributed by atoms with Gasteiger partial charge in [-0.3, -0.25) is 0 Å². The number of nitrogens with zero attached hydrogens (tertiary/aromatic N) is 2. The minimum atomic E-state index is 0.706. The van der Waals surface area contributed by atoms with E-state index in [1.54, 1.807) is 0 Å². The Morgan fingerprint density at radius 2 is 2.00 bits per heavy atom. The van der Waals surface area contributed by atoms with E-state index in [0.29, 0.717) is 5.95 Å². The Morgan fingerprint density at radius 3 is 2.75 bits per heavy atom. The van der Waals surface area contributed by atoms with E-state index < -0.39 is 0 Å². The fraction of sp³-hybridized carbons (Fsp3) is 0.500. The number of aromatic nitrogens is 2. The molecule has 1 heterocycles. The molecule has 2 N–H and O–H groups in total. The summed E-state index contributed by atoms with van der Waals surface area (Å²) in [5, 5.41) is 7.79. The van der Waals surface area contributed by atoms with E-state index in [4.69, 9.17) is 0 Å². The third kappa shape index (κ3) is 2.84. The van der Waals surface area contributed by atoms with Gasteiger partial charge in [0.25, 0.3) is 0 Å². The van der Waals surface area contributed by atoms with Gasteiger partial charge in [-0.05, 0) is 31.4 Å². The van der Waals surface area contributed by atoms with E-state index in [-0.39, 0.29) is 0 Å². The van der Waals surface area contributed by atoms with Crippen LogP contribution >= 0.6 is 0 Å². The minimum absolute atomic E-state index is 0.706. The third-order valence-electron chi connectivity index (χ3n) is 4.01. The molecule has 0 radical (unpaired) electrons. The summed E-state index contributed by atoms with van der Waals surface area (Å²) in [6, 6.07) is 8.17. The fourth-order valence-electron chi connectivity index (χ4n) is 2.62. The van der Waals surface area contributed by atoms with E-state index in [9.17, 15) is 0 Å². The summed E-state index contributed by atoms with van der Waals surface area (Å²) in [5.41, 5.74) is 0.990. The highest BCUT2D eigenvalue weighted by molar-refractivity contribution is 5.89. The lowest BCUT2D eigenvalue weighted by molar-refractivity contribution is 0.303. The number of nitrogens with one attached hydrogen (secondary N) is 2. The van der Waals surface area contributed by atoms with Gasteiger partial charge in [0.15, 0.2) is 0 Å². The molecule has 0 amide bonds. The standard InChI is InChI=1S/C16H22N4/c1-2-17-16-19-14-9-4-3-8-13(14)15(20-16)18-11-10-12-6-5-7-12/h3-4,8-9,12H,2,5-7,10-11H2,1H3,(H2,17,18,19,20). The zero-order chi connectivity index (χ0) is 13.8. The van der Waals surface area contributed by atoms with Crippen LogP contribution in [0.25, 0.3) is 10.9 Å². The highest BCUT2D eigenvalue weighted by Crippen LogP contribution is 2.29. The number of anilines is 2. The zero-order valence-electron chi connectivity index (χ0n) is 12.0. The van der Waals surface area contributed by atoms with Crippen LogP contribution in [0.1, 0.15) is 32.6 Å². The quantitative estimate of drug-likeness (QED) is 0.841. The minimum Gasteiger partial charge on any atom is -0.369 e. The summed E-state index contributed by atoms with van der Waals surface area (Å²) in [6.07, 6.45) is 5.45. The lowest BCUT2D eigenvalue weighted by Gasteiger charge is -2.25. The van der Waals surface area contributed by atoms with Crippen LogP contribution in [0, 0.1) is 5.92 Å². The van der Waals surface area contributed by atoms with E-state index in [1.165, 1.54) is 25.7 Å². The molecule has 4 heteroatoms. The molecule has 0 saturated heterocycles. The van der Waals surface area contributed by atoms with Gasteiger partial charge in [-0.1, -0.05) is 31.4 Å². The molecule has 3 rings (SSSR count). The van der Waals surface area contributed by atoms with E-state index in [0.717, 1.165) is 35.7 Å². The molecule has 0 atom stereocenters. The summed E-state index contributed by atoms with van der Waals surface area (Å²) in [4.78, 5) is 9.13. The van der Waals surface area contributed by atoms with E-state index in [1.807, 2.05) is 18.2 Å². The van der Waals surface area contributed by atoms with Gasteiger partial charge in [0.2, 0.25) is 5.95 Å². The fourth-order valence-corrected chi connectivity index (χ4v) is 2.62. The van der Waals surface area contributed by atoms with Crippen molar-refractivity contribution in [3.63, 3.8) is 0 Å². The summed E-state index contributed by atoms with van der Waals surface area (Å²) in [5.74, 6) is 2.58. The first-order chi connectivity index (χ1) is 9.86. The van der Waals surface area contributed by atoms with E-state index in [2.05, 4.69) is 33.6 Å². The van der Waals surface area contributed by atoms with Crippen LogP contribution in [0.2, 0.25) is 0 Å². The molecule has 106 valence electrons. The second kappa shape index (κ2) is 6.07. The topological polar surface area (TPSA) is 49.8 Å². The van der Waals surface area contributed by atoms with Crippen molar-refractivity contribution in [2.45, 2.75) is 32.6 Å². The maximum atomic E-state index is 4.60. The predicted molar refractivity (Wildman–Crippen MR) is 84.1 cm³/mol. The van der Waals surface area contributed by atoms with Gasteiger partial charge in [0.05, 0.1) is 5.52 Å². The maximum absolute atomic E-state index is 4.60. The van der Waals surface area contributed by atoms with Crippen molar-refractivity contribution in [3.8, 4) is 0 Å². The van der Waals surface area contributed by atoms with Crippen LogP contribution in [0.15, 0.2) is 24.3 Å². The first-order valence-electron chi connectivity index (χ1n) is 7.61. The van der Waals surface area contributed by atoms with E-state index >= 15 is 0 Å². The van der Waals surface area contributed by atoms with Crippen LogP contribution in [-0.2, 0) is 0 Å². The molecule has 2 aromatic rings. The lowest BCUT2D eigenvalue weighted by Crippen LogP contribution is -2.16. The van der Waals surface area contributed by atoms with Gasteiger partial charge in [-0.2, -0.15) is 4.98 Å². The van der Waals surface area contributed by atoms with Crippen LogP contribution < -0.4 is 10.6 Å². The number of hydrogen-bond donors (Lipinski definition) is 2. The molecule has 1 aromatic carbocycles. The second-order valence-electron chi connectivity index (χ2n) is 5.46. The zero-order valence-corrected chi connectivity index (χ0v) is 12.0. The van der Waals surface area contributed by atoms with Gasteiger partial charge in [0.1, 0.15) is 5.82 Å². The van der Waals surface area contributed by atoms with Crippen molar-refractivity contribution in [1.82, 2.24) is 9.97 Å². The number of para-hydroxylation sites is 1. The largest absolute Gasteiger partial charge is 0.369 e. The number of fused-ring (bicyclic) bond motifs is 1. The van der Waals surface area contributed by atoms with Crippen molar-refractivity contribution in [2.75, 3.05) is 23.7 Å². The summed E-state index contributed by atoms with van der Waals surface area (Å²) >= 11 is 0. The first-order valence-corrected chi connectivity index (χ1v) is 7.61. The normalized spacial score (nSPS) is 15.1. The highest BCUT2D eigenvalue weighted by Gasteiger charge is 2.16. The number of hydrogen-bond acceptors (Lipinski definition) is 4. The smallest absolute Gasteiger partial charge is 0.225 e. The predicted octanol–water partition coefficient (Wildman–Crippen LogP) is 3.66. The average Bonchev–Trinajstić information content (AvgIpc) is 2.42. The third-order valence-corrected chi connectivity index (χ3v) is 4.01. The highest BCUT2D eigenvalue weighted by atomic mass is 15.1. The molecular weight excluding hydrogens is 248 g/mol. The summed E-state index contributed by atoms with van der Waals surface area (Å²) in [6.45, 7) is 3.89. The molecule has 1 aliphatic rings. The molecule has 0 aliphatic heterocycles. The Bertz CT molecular complexity index is 578. The van der Waals surface area contributed by atoms with Crippen molar-refractivity contribution in [3.05, 3.63) is 24.3 Å². The molecular formula is C16H22N4. The Kier molecular flexibility index (Phi) is 4.00. The molecule has 1 fully saturated rings. The molecule has 20 heavy (non-hydrogen) atoms. The molecule has 1 aliphatic carbocycles. The Morgan fingerprint density at radius 1 is 1.15 bits per heavy atom. The van der Waals surface area contributed by atoms with Gasteiger partial charge < -0.3 is 10.6 Å².